The molecule has 8 heteroatoms. The van der Waals surface area contributed by atoms with Crippen LogP contribution in [0, 0.1) is 0 Å². The number of hydrogen-bond acceptors (Lipinski definition) is 4. The highest BCUT2D eigenvalue weighted by molar-refractivity contribution is 7.99. The predicted octanol–water partition coefficient (Wildman–Crippen LogP) is 2.46. The SMILES string of the molecule is O=C(c1ccc(N2CCCCS2(=O)=O)c(Cl)c1)N1CCSCC1. The van der Waals surface area contributed by atoms with Crippen LogP contribution in [0.2, 0.25) is 5.02 Å². The van der Waals surface area contributed by atoms with Crippen molar-refractivity contribution >= 4 is 45.0 Å². The summed E-state index contributed by atoms with van der Waals surface area (Å²) in [5.74, 6) is 2.00. The van der Waals surface area contributed by atoms with Crippen LogP contribution in [0.15, 0.2) is 18.2 Å². The van der Waals surface area contributed by atoms with Gasteiger partial charge in [-0.15, -0.1) is 0 Å². The van der Waals surface area contributed by atoms with Crippen molar-refractivity contribution in [2.75, 3.05) is 41.2 Å². The Balaban J connectivity index is 1.84. The van der Waals surface area contributed by atoms with Gasteiger partial charge in [-0.3, -0.25) is 9.10 Å². The molecule has 2 fully saturated rings. The Morgan fingerprint density at radius 1 is 1.13 bits per heavy atom. The standard InChI is InChI=1S/C15H19ClN2O3S2/c16-13-11-12(15(19)17-6-8-22-9-7-17)3-4-14(13)18-5-1-2-10-23(18,20)21/h3-4,11H,1-2,5-10H2. The van der Waals surface area contributed by atoms with Crippen molar-refractivity contribution in [2.24, 2.45) is 0 Å². The molecule has 23 heavy (non-hydrogen) atoms. The summed E-state index contributed by atoms with van der Waals surface area (Å²) in [7, 11) is -3.30. The maximum Gasteiger partial charge on any atom is 0.253 e. The summed E-state index contributed by atoms with van der Waals surface area (Å²) in [5, 5.41) is 0.313. The summed E-state index contributed by atoms with van der Waals surface area (Å²) < 4.78 is 25.7. The number of amides is 1. The van der Waals surface area contributed by atoms with Gasteiger partial charge in [0.2, 0.25) is 10.0 Å². The molecule has 5 nitrogen and oxygen atoms in total. The van der Waals surface area contributed by atoms with E-state index in [2.05, 4.69) is 0 Å². The van der Waals surface area contributed by atoms with Crippen molar-refractivity contribution in [2.45, 2.75) is 12.8 Å². The van der Waals surface area contributed by atoms with Crippen LogP contribution in [-0.2, 0) is 10.0 Å². The molecule has 0 radical (unpaired) electrons. The lowest BCUT2D eigenvalue weighted by Gasteiger charge is -2.29. The van der Waals surface area contributed by atoms with Crippen molar-refractivity contribution in [1.82, 2.24) is 4.90 Å². The quantitative estimate of drug-likeness (QED) is 0.797. The van der Waals surface area contributed by atoms with Crippen molar-refractivity contribution in [1.29, 1.82) is 0 Å². The molecule has 126 valence electrons. The van der Waals surface area contributed by atoms with Crippen LogP contribution in [0.5, 0.6) is 0 Å². The molecule has 3 rings (SSSR count). The van der Waals surface area contributed by atoms with E-state index in [1.807, 2.05) is 16.7 Å². The lowest BCUT2D eigenvalue weighted by atomic mass is 10.1. The van der Waals surface area contributed by atoms with E-state index >= 15 is 0 Å². The van der Waals surface area contributed by atoms with Gasteiger partial charge in [0, 0.05) is 36.7 Å². The van der Waals surface area contributed by atoms with E-state index < -0.39 is 10.0 Å². The fraction of sp³-hybridized carbons (Fsp3) is 0.533. The van der Waals surface area contributed by atoms with Gasteiger partial charge in [-0.05, 0) is 31.0 Å². The summed E-state index contributed by atoms with van der Waals surface area (Å²) in [6, 6.07) is 4.91. The molecule has 0 spiro atoms. The zero-order valence-electron chi connectivity index (χ0n) is 12.7. The van der Waals surface area contributed by atoms with E-state index in [-0.39, 0.29) is 11.7 Å². The first-order valence-electron chi connectivity index (χ1n) is 7.66. The molecule has 0 saturated carbocycles. The smallest absolute Gasteiger partial charge is 0.253 e. The summed E-state index contributed by atoms with van der Waals surface area (Å²) >= 11 is 8.13. The number of benzene rings is 1. The summed E-state index contributed by atoms with van der Waals surface area (Å²) in [5.41, 5.74) is 0.983. The predicted molar refractivity (Wildman–Crippen MR) is 95.0 cm³/mol. The Morgan fingerprint density at radius 2 is 1.87 bits per heavy atom. The second-order valence-corrected chi connectivity index (χ2v) is 9.31. The third-order valence-corrected chi connectivity index (χ3v) is 7.21. The van der Waals surface area contributed by atoms with Crippen LogP contribution in [0.25, 0.3) is 0 Å². The highest BCUT2D eigenvalue weighted by Crippen LogP contribution is 2.32. The van der Waals surface area contributed by atoms with Gasteiger partial charge in [0.25, 0.3) is 5.91 Å². The Labute approximate surface area is 146 Å². The molecule has 0 aromatic heterocycles. The Morgan fingerprint density at radius 3 is 2.52 bits per heavy atom. The molecular formula is C15H19ClN2O3S2. The van der Waals surface area contributed by atoms with Gasteiger partial charge in [0.05, 0.1) is 16.5 Å². The first-order valence-corrected chi connectivity index (χ1v) is 10.8. The van der Waals surface area contributed by atoms with Crippen LogP contribution in [0.3, 0.4) is 0 Å². The van der Waals surface area contributed by atoms with Crippen LogP contribution in [0.1, 0.15) is 23.2 Å². The van der Waals surface area contributed by atoms with Gasteiger partial charge >= 0.3 is 0 Å². The number of nitrogens with zero attached hydrogens (tertiary/aromatic N) is 2. The molecule has 0 bridgehead atoms. The maximum absolute atomic E-state index is 12.5. The topological polar surface area (TPSA) is 57.7 Å². The van der Waals surface area contributed by atoms with Crippen molar-refractivity contribution in [3.05, 3.63) is 28.8 Å². The number of halogens is 1. The second kappa shape index (κ2) is 6.91. The molecule has 2 aliphatic heterocycles. The van der Waals surface area contributed by atoms with Crippen LogP contribution < -0.4 is 4.31 Å². The average molecular weight is 375 g/mol. The highest BCUT2D eigenvalue weighted by atomic mass is 35.5. The molecule has 1 aromatic rings. The number of carbonyl (C=O) groups excluding carboxylic acids is 1. The molecule has 0 unspecified atom stereocenters. The van der Waals surface area contributed by atoms with Gasteiger partial charge in [-0.1, -0.05) is 11.6 Å². The number of anilines is 1. The van der Waals surface area contributed by atoms with Crippen molar-refractivity contribution in [3.63, 3.8) is 0 Å². The zero-order valence-corrected chi connectivity index (χ0v) is 15.1. The fourth-order valence-electron chi connectivity index (χ4n) is 2.85. The number of thioether (sulfide) groups is 1. The van der Waals surface area contributed by atoms with Crippen LogP contribution in [0.4, 0.5) is 5.69 Å². The van der Waals surface area contributed by atoms with Crippen LogP contribution in [-0.4, -0.2) is 56.1 Å². The minimum atomic E-state index is -3.30. The van der Waals surface area contributed by atoms with Gasteiger partial charge in [0.1, 0.15) is 0 Å². The van der Waals surface area contributed by atoms with E-state index in [9.17, 15) is 13.2 Å². The van der Waals surface area contributed by atoms with E-state index in [4.69, 9.17) is 11.6 Å². The first kappa shape index (κ1) is 16.9. The molecule has 1 amide bonds. The third kappa shape index (κ3) is 3.61. The van der Waals surface area contributed by atoms with Crippen LogP contribution >= 0.6 is 23.4 Å². The van der Waals surface area contributed by atoms with Gasteiger partial charge in [-0.25, -0.2) is 8.42 Å². The van der Waals surface area contributed by atoms with Crippen molar-refractivity contribution in [3.8, 4) is 0 Å². The van der Waals surface area contributed by atoms with Gasteiger partial charge in [0.15, 0.2) is 0 Å². The molecule has 1 aromatic carbocycles. The Bertz CT molecular complexity index is 703. The van der Waals surface area contributed by atoms with Gasteiger partial charge < -0.3 is 4.90 Å². The molecule has 2 aliphatic rings. The first-order chi connectivity index (χ1) is 11.0. The number of sulfonamides is 1. The average Bonchev–Trinajstić information content (AvgIpc) is 2.55. The maximum atomic E-state index is 12.5. The molecule has 0 atom stereocenters. The summed E-state index contributed by atoms with van der Waals surface area (Å²) in [6.07, 6.45) is 1.50. The zero-order chi connectivity index (χ0) is 16.4. The molecular weight excluding hydrogens is 356 g/mol. The number of hydrogen-bond donors (Lipinski definition) is 0. The van der Waals surface area contributed by atoms with Gasteiger partial charge in [-0.2, -0.15) is 11.8 Å². The molecule has 0 N–H and O–H groups in total. The van der Waals surface area contributed by atoms with Crippen molar-refractivity contribution < 1.29 is 13.2 Å². The largest absolute Gasteiger partial charge is 0.337 e. The van der Waals surface area contributed by atoms with E-state index in [1.165, 1.54) is 4.31 Å². The Kier molecular flexibility index (Phi) is 5.08. The molecule has 2 heterocycles. The monoisotopic (exact) mass is 374 g/mol. The summed E-state index contributed by atoms with van der Waals surface area (Å²) in [4.78, 5) is 14.3. The van der Waals surface area contributed by atoms with E-state index in [0.717, 1.165) is 31.0 Å². The third-order valence-electron chi connectivity index (χ3n) is 4.11. The van der Waals surface area contributed by atoms with E-state index in [1.54, 1.807) is 18.2 Å². The second-order valence-electron chi connectivity index (χ2n) is 5.67. The Hall–Kier alpha value is -0.920. The molecule has 0 aliphatic carbocycles. The number of carbonyl (C=O) groups is 1. The highest BCUT2D eigenvalue weighted by Gasteiger charge is 2.28. The van der Waals surface area contributed by atoms with E-state index in [0.29, 0.717) is 29.2 Å². The fourth-order valence-corrected chi connectivity index (χ4v) is 5.74. The lowest BCUT2D eigenvalue weighted by molar-refractivity contribution is 0.0772. The minimum absolute atomic E-state index is 0.0414. The number of rotatable bonds is 2. The minimum Gasteiger partial charge on any atom is -0.337 e. The summed E-state index contributed by atoms with van der Waals surface area (Å²) in [6.45, 7) is 1.92. The lowest BCUT2D eigenvalue weighted by Crippen LogP contribution is -2.39. The normalized spacial score (nSPS) is 21.3. The molecule has 2 saturated heterocycles.